The third kappa shape index (κ3) is 4.07. The number of methoxy groups -OCH3 is 1. The van der Waals surface area contributed by atoms with Gasteiger partial charge in [-0.1, -0.05) is 42.5 Å². The largest absolute Gasteiger partial charge is 0.464 e. The summed E-state index contributed by atoms with van der Waals surface area (Å²) < 4.78 is 6.40. The van der Waals surface area contributed by atoms with Crippen LogP contribution in [0.15, 0.2) is 54.9 Å². The normalized spacial score (nSPS) is 10.6. The number of carbonyl (C=O) groups is 1. The summed E-state index contributed by atoms with van der Waals surface area (Å²) in [6, 6.07) is 14.0. The monoisotopic (exact) mass is 254 g/mol. The average Bonchev–Trinajstić information content (AvgIpc) is 2.47. The Bertz CT molecular complexity index is 559. The van der Waals surface area contributed by atoms with Crippen LogP contribution in [0.1, 0.15) is 11.1 Å². The van der Waals surface area contributed by atoms with E-state index >= 15 is 0 Å². The quantitative estimate of drug-likeness (QED) is 0.619. The smallest absolute Gasteiger partial charge is 0.372 e. The third-order valence-corrected chi connectivity index (χ3v) is 2.72. The van der Waals surface area contributed by atoms with E-state index in [0.29, 0.717) is 0 Å². The zero-order chi connectivity index (χ0) is 13.5. The maximum Gasteiger partial charge on any atom is 0.372 e. The summed E-state index contributed by atoms with van der Waals surface area (Å²) in [4.78, 5) is 11.1. The van der Waals surface area contributed by atoms with Gasteiger partial charge in [-0.15, -0.1) is 0 Å². The molecule has 0 aliphatic rings. The molecule has 1 aromatic heterocycles. The highest BCUT2D eigenvalue weighted by Crippen LogP contribution is 2.06. The van der Waals surface area contributed by atoms with Crippen molar-refractivity contribution in [3.8, 4) is 0 Å². The minimum absolute atomic E-state index is 0.235. The lowest BCUT2D eigenvalue weighted by molar-refractivity contribution is -0.685. The summed E-state index contributed by atoms with van der Waals surface area (Å²) in [7, 11) is 1.39. The molecule has 1 aromatic carbocycles. The van der Waals surface area contributed by atoms with Crippen molar-refractivity contribution in [2.24, 2.45) is 0 Å². The molecule has 19 heavy (non-hydrogen) atoms. The van der Waals surface area contributed by atoms with E-state index in [2.05, 4.69) is 22.9 Å². The first-order valence-corrected chi connectivity index (χ1v) is 6.07. The molecular weight excluding hydrogens is 238 g/mol. The van der Waals surface area contributed by atoms with Crippen LogP contribution in [-0.4, -0.2) is 13.1 Å². The lowest BCUT2D eigenvalue weighted by Gasteiger charge is -1.96. The Hall–Kier alpha value is -2.42. The van der Waals surface area contributed by atoms with Crippen LogP contribution < -0.4 is 4.57 Å². The first kappa shape index (κ1) is 13.0. The SMILES string of the molecule is COC(=O)C[n+]1ccc(/C=C/c2ccccc2)cc1. The molecule has 96 valence electrons. The third-order valence-electron chi connectivity index (χ3n) is 2.72. The molecule has 3 heteroatoms. The molecule has 0 saturated heterocycles. The molecule has 0 bridgehead atoms. The van der Waals surface area contributed by atoms with E-state index in [-0.39, 0.29) is 12.5 Å². The standard InChI is InChI=1S/C16H16NO2/c1-19-16(18)13-17-11-9-15(10-12-17)8-7-14-5-3-2-4-6-14/h2-12H,13H2,1H3/q+1/b8-7+. The molecule has 2 aromatic rings. The Morgan fingerprint density at radius 1 is 1.05 bits per heavy atom. The van der Waals surface area contributed by atoms with Gasteiger partial charge in [0.15, 0.2) is 12.4 Å². The number of benzene rings is 1. The minimum atomic E-state index is -0.252. The van der Waals surface area contributed by atoms with E-state index in [9.17, 15) is 4.79 Å². The number of carbonyl (C=O) groups excluding carboxylic acids is 1. The Balaban J connectivity index is 2.03. The second-order valence-electron chi connectivity index (χ2n) is 4.12. The zero-order valence-electron chi connectivity index (χ0n) is 10.8. The Morgan fingerprint density at radius 2 is 1.63 bits per heavy atom. The number of ether oxygens (including phenoxy) is 1. The van der Waals surface area contributed by atoms with Crippen LogP contribution in [0.5, 0.6) is 0 Å². The van der Waals surface area contributed by atoms with Gasteiger partial charge >= 0.3 is 5.97 Å². The van der Waals surface area contributed by atoms with Crippen LogP contribution in [0.3, 0.4) is 0 Å². The van der Waals surface area contributed by atoms with Crippen LogP contribution in [0.2, 0.25) is 0 Å². The van der Waals surface area contributed by atoms with Crippen molar-refractivity contribution < 1.29 is 14.1 Å². The molecule has 0 amide bonds. The maximum absolute atomic E-state index is 11.1. The number of nitrogens with zero attached hydrogens (tertiary/aromatic N) is 1. The van der Waals surface area contributed by atoms with Gasteiger partial charge in [0.2, 0.25) is 6.54 Å². The summed E-state index contributed by atoms with van der Waals surface area (Å²) >= 11 is 0. The second-order valence-corrected chi connectivity index (χ2v) is 4.12. The van der Waals surface area contributed by atoms with Crippen LogP contribution in [0.4, 0.5) is 0 Å². The van der Waals surface area contributed by atoms with Gasteiger partial charge in [0.25, 0.3) is 0 Å². The van der Waals surface area contributed by atoms with Crippen LogP contribution in [0, 0.1) is 0 Å². The number of hydrogen-bond acceptors (Lipinski definition) is 2. The molecule has 1 heterocycles. The number of rotatable bonds is 4. The van der Waals surface area contributed by atoms with E-state index in [0.717, 1.165) is 11.1 Å². The summed E-state index contributed by atoms with van der Waals surface area (Å²) in [5.74, 6) is -0.252. The molecule has 0 N–H and O–H groups in total. The van der Waals surface area contributed by atoms with Gasteiger partial charge < -0.3 is 4.74 Å². The Labute approximate surface area is 112 Å². The number of aromatic nitrogens is 1. The van der Waals surface area contributed by atoms with Crippen molar-refractivity contribution in [3.63, 3.8) is 0 Å². The Morgan fingerprint density at radius 3 is 2.21 bits per heavy atom. The summed E-state index contributed by atoms with van der Waals surface area (Å²) in [5.41, 5.74) is 2.25. The van der Waals surface area contributed by atoms with Crippen molar-refractivity contribution in [2.45, 2.75) is 6.54 Å². The van der Waals surface area contributed by atoms with Crippen LogP contribution in [0.25, 0.3) is 12.2 Å². The fourth-order valence-corrected chi connectivity index (χ4v) is 1.66. The highest BCUT2D eigenvalue weighted by atomic mass is 16.5. The van der Waals surface area contributed by atoms with Gasteiger partial charge in [-0.05, 0) is 11.1 Å². The minimum Gasteiger partial charge on any atom is -0.464 e. The van der Waals surface area contributed by atoms with Crippen molar-refractivity contribution in [1.82, 2.24) is 0 Å². The molecule has 2 rings (SSSR count). The van der Waals surface area contributed by atoms with Gasteiger partial charge in [-0.25, -0.2) is 4.79 Å². The molecule has 3 nitrogen and oxygen atoms in total. The number of pyridine rings is 1. The van der Waals surface area contributed by atoms with E-state index < -0.39 is 0 Å². The first-order chi connectivity index (χ1) is 9.28. The highest BCUT2D eigenvalue weighted by Gasteiger charge is 2.07. The Kier molecular flexibility index (Phi) is 4.45. The van der Waals surface area contributed by atoms with Crippen LogP contribution in [-0.2, 0) is 16.1 Å². The lowest BCUT2D eigenvalue weighted by Crippen LogP contribution is -2.37. The molecule has 0 atom stereocenters. The van der Waals surface area contributed by atoms with E-state index in [1.54, 1.807) is 4.57 Å². The van der Waals surface area contributed by atoms with Gasteiger partial charge in [-0.3, -0.25) is 0 Å². The lowest BCUT2D eigenvalue weighted by atomic mass is 10.1. The molecule has 0 fully saturated rings. The van der Waals surface area contributed by atoms with E-state index in [1.807, 2.05) is 48.8 Å². The average molecular weight is 254 g/mol. The molecule has 0 spiro atoms. The van der Waals surface area contributed by atoms with E-state index in [4.69, 9.17) is 0 Å². The molecule has 0 saturated carbocycles. The molecule has 0 radical (unpaired) electrons. The summed E-state index contributed by atoms with van der Waals surface area (Å²) in [6.45, 7) is 0.235. The van der Waals surface area contributed by atoms with Crippen molar-refractivity contribution in [3.05, 3.63) is 66.0 Å². The summed E-state index contributed by atoms with van der Waals surface area (Å²) in [5, 5.41) is 0. The predicted octanol–water partition coefficient (Wildman–Crippen LogP) is 2.32. The molecular formula is C16H16NO2+. The number of esters is 1. The number of hydrogen-bond donors (Lipinski definition) is 0. The summed E-state index contributed by atoms with van der Waals surface area (Å²) in [6.07, 6.45) is 7.82. The molecule has 0 aliphatic heterocycles. The maximum atomic E-state index is 11.1. The fourth-order valence-electron chi connectivity index (χ4n) is 1.66. The van der Waals surface area contributed by atoms with Gasteiger partial charge in [0.05, 0.1) is 7.11 Å². The first-order valence-electron chi connectivity index (χ1n) is 6.07. The van der Waals surface area contributed by atoms with Crippen molar-refractivity contribution in [1.29, 1.82) is 0 Å². The zero-order valence-corrected chi connectivity index (χ0v) is 10.8. The van der Waals surface area contributed by atoms with Gasteiger partial charge in [-0.2, -0.15) is 4.57 Å². The predicted molar refractivity (Wildman–Crippen MR) is 74.0 cm³/mol. The van der Waals surface area contributed by atoms with Gasteiger partial charge in [0, 0.05) is 12.1 Å². The van der Waals surface area contributed by atoms with Gasteiger partial charge in [0.1, 0.15) is 0 Å². The topological polar surface area (TPSA) is 30.2 Å². The van der Waals surface area contributed by atoms with E-state index in [1.165, 1.54) is 7.11 Å². The highest BCUT2D eigenvalue weighted by molar-refractivity contribution is 5.69. The van der Waals surface area contributed by atoms with Crippen molar-refractivity contribution in [2.75, 3.05) is 7.11 Å². The van der Waals surface area contributed by atoms with Crippen molar-refractivity contribution >= 4 is 18.1 Å². The molecule has 0 unspecified atom stereocenters. The molecule has 0 aliphatic carbocycles. The fraction of sp³-hybridized carbons (Fsp3) is 0.125. The second kappa shape index (κ2) is 6.50. The van der Waals surface area contributed by atoms with Crippen LogP contribution >= 0.6 is 0 Å².